The predicted molar refractivity (Wildman–Crippen MR) is 104 cm³/mol. The lowest BCUT2D eigenvalue weighted by Crippen LogP contribution is -2.48. The highest BCUT2D eigenvalue weighted by atomic mass is 32.2. The van der Waals surface area contributed by atoms with Crippen molar-refractivity contribution in [1.29, 1.82) is 0 Å². The van der Waals surface area contributed by atoms with Crippen molar-refractivity contribution in [2.45, 2.75) is 17.9 Å². The van der Waals surface area contributed by atoms with E-state index >= 15 is 0 Å². The van der Waals surface area contributed by atoms with Gasteiger partial charge in [-0.3, -0.25) is 0 Å². The Morgan fingerprint density at radius 3 is 2.72 bits per heavy atom. The second-order valence-electron chi connectivity index (χ2n) is 6.64. The van der Waals surface area contributed by atoms with E-state index < -0.39 is 22.1 Å². The molecule has 1 aliphatic heterocycles. The Morgan fingerprint density at radius 2 is 2.00 bits per heavy atom. The number of hydrogen-bond acceptors (Lipinski definition) is 8. The minimum absolute atomic E-state index is 0.128. The molecule has 1 unspecified atom stereocenters. The monoisotopic (exact) mass is 417 g/mol. The van der Waals surface area contributed by atoms with Crippen LogP contribution in [0.25, 0.3) is 11.0 Å². The maximum atomic E-state index is 13.0. The normalized spacial score (nSPS) is 18.0. The van der Waals surface area contributed by atoms with Crippen molar-refractivity contribution < 1.29 is 23.1 Å². The third kappa shape index (κ3) is 3.67. The molecule has 1 fully saturated rings. The fraction of sp³-hybridized carbons (Fsp3) is 0.278. The number of carboxylic acids is 1. The second kappa shape index (κ2) is 7.43. The molecule has 1 aromatic carbocycles. The van der Waals surface area contributed by atoms with Crippen LogP contribution in [0.4, 0.5) is 5.82 Å². The van der Waals surface area contributed by atoms with E-state index in [0.29, 0.717) is 17.7 Å². The van der Waals surface area contributed by atoms with Crippen LogP contribution in [-0.2, 0) is 19.6 Å². The predicted octanol–water partition coefficient (Wildman–Crippen LogP) is 1.09. The van der Waals surface area contributed by atoms with Crippen LogP contribution >= 0.6 is 0 Å². The first-order valence-electron chi connectivity index (χ1n) is 8.86. The van der Waals surface area contributed by atoms with Gasteiger partial charge < -0.3 is 15.3 Å². The van der Waals surface area contributed by atoms with E-state index in [-0.39, 0.29) is 23.7 Å². The van der Waals surface area contributed by atoms with Crippen LogP contribution in [-0.4, -0.2) is 64.2 Å². The van der Waals surface area contributed by atoms with Crippen LogP contribution in [0, 0.1) is 6.92 Å². The Labute approximate surface area is 166 Å². The van der Waals surface area contributed by atoms with E-state index in [4.69, 9.17) is 9.84 Å². The molecule has 0 saturated carbocycles. The second-order valence-corrected chi connectivity index (χ2v) is 8.46. The van der Waals surface area contributed by atoms with Gasteiger partial charge in [0, 0.05) is 12.7 Å². The van der Waals surface area contributed by atoms with E-state index in [1.165, 1.54) is 12.5 Å². The number of hydrazine groups is 1. The summed E-state index contributed by atoms with van der Waals surface area (Å²) in [5.41, 5.74) is 4.24. The minimum Gasteiger partial charge on any atom is -0.479 e. The van der Waals surface area contributed by atoms with E-state index in [2.05, 4.69) is 15.4 Å². The lowest BCUT2D eigenvalue weighted by Gasteiger charge is -2.31. The van der Waals surface area contributed by atoms with Gasteiger partial charge in [-0.25, -0.2) is 32.2 Å². The molecule has 0 aliphatic carbocycles. The first kappa shape index (κ1) is 19.3. The average Bonchev–Trinajstić information content (AvgIpc) is 3.14. The number of nitrogens with one attached hydrogen (secondary N) is 1. The van der Waals surface area contributed by atoms with Crippen LogP contribution in [0.2, 0.25) is 0 Å². The zero-order valence-corrected chi connectivity index (χ0v) is 16.3. The standard InChI is InChI=1S/C18H19N5O5S/c1-12-2-4-13(5-3-12)29(26,27)23-7-6-14-16(19-11-20-17(14)23)21-22-8-9-28-15(10-22)18(24)25/h2-7,11,15H,8-10H2,1H3,(H,24,25)(H,19,20,21). The van der Waals surface area contributed by atoms with Gasteiger partial charge in [-0.2, -0.15) is 0 Å². The molecule has 3 heterocycles. The summed E-state index contributed by atoms with van der Waals surface area (Å²) in [7, 11) is -3.82. The molecule has 29 heavy (non-hydrogen) atoms. The maximum Gasteiger partial charge on any atom is 0.334 e. The zero-order valence-electron chi connectivity index (χ0n) is 15.5. The molecule has 152 valence electrons. The molecule has 1 saturated heterocycles. The number of carboxylic acid groups (broad SMARTS) is 1. The quantitative estimate of drug-likeness (QED) is 0.627. The van der Waals surface area contributed by atoms with Gasteiger partial charge in [-0.05, 0) is 25.1 Å². The summed E-state index contributed by atoms with van der Waals surface area (Å²) in [4.78, 5) is 19.7. The van der Waals surface area contributed by atoms with Crippen LogP contribution in [0.5, 0.6) is 0 Å². The number of morpholine rings is 1. The van der Waals surface area contributed by atoms with Crippen molar-refractivity contribution in [3.63, 3.8) is 0 Å². The number of fused-ring (bicyclic) bond motifs is 1. The van der Waals surface area contributed by atoms with Crippen LogP contribution < -0.4 is 5.43 Å². The number of hydrogen-bond donors (Lipinski definition) is 2. The van der Waals surface area contributed by atoms with Crippen molar-refractivity contribution in [3.05, 3.63) is 48.4 Å². The summed E-state index contributed by atoms with van der Waals surface area (Å²) >= 11 is 0. The summed E-state index contributed by atoms with van der Waals surface area (Å²) in [6.45, 7) is 2.72. The fourth-order valence-electron chi connectivity index (χ4n) is 3.09. The fourth-order valence-corrected chi connectivity index (χ4v) is 4.39. The highest BCUT2D eigenvalue weighted by molar-refractivity contribution is 7.90. The molecule has 1 atom stereocenters. The first-order valence-corrected chi connectivity index (χ1v) is 10.3. The number of aliphatic carboxylic acids is 1. The van der Waals surface area contributed by atoms with Gasteiger partial charge >= 0.3 is 5.97 Å². The summed E-state index contributed by atoms with van der Waals surface area (Å²) in [5, 5.41) is 11.3. The zero-order chi connectivity index (χ0) is 20.6. The summed E-state index contributed by atoms with van der Waals surface area (Å²) in [6, 6.07) is 8.18. The molecule has 11 heteroatoms. The van der Waals surface area contributed by atoms with Crippen LogP contribution in [0.15, 0.2) is 47.8 Å². The molecular formula is C18H19N5O5S. The number of ether oxygens (including phenoxy) is 1. The Bertz CT molecular complexity index is 1160. The van der Waals surface area contributed by atoms with Gasteiger partial charge in [0.05, 0.1) is 23.4 Å². The SMILES string of the molecule is Cc1ccc(S(=O)(=O)n2ccc3c(NN4CCOC(C(=O)O)C4)ncnc32)cc1. The third-order valence-corrected chi connectivity index (χ3v) is 6.31. The first-order chi connectivity index (χ1) is 13.9. The number of aromatic nitrogens is 3. The highest BCUT2D eigenvalue weighted by Gasteiger charge is 2.27. The molecule has 2 aromatic heterocycles. The number of anilines is 1. The maximum absolute atomic E-state index is 13.0. The Balaban J connectivity index is 1.67. The number of nitrogens with zero attached hydrogens (tertiary/aromatic N) is 4. The molecule has 0 bridgehead atoms. The van der Waals surface area contributed by atoms with Gasteiger partial charge in [0.15, 0.2) is 17.6 Å². The number of rotatable bonds is 5. The Kier molecular flexibility index (Phi) is 4.94. The van der Waals surface area contributed by atoms with Crippen molar-refractivity contribution in [2.75, 3.05) is 25.1 Å². The van der Waals surface area contributed by atoms with Crippen molar-refractivity contribution >= 4 is 32.8 Å². The van der Waals surface area contributed by atoms with Crippen LogP contribution in [0.1, 0.15) is 5.56 Å². The molecule has 2 N–H and O–H groups in total. The largest absolute Gasteiger partial charge is 0.479 e. The molecule has 10 nitrogen and oxygen atoms in total. The average molecular weight is 417 g/mol. The lowest BCUT2D eigenvalue weighted by atomic mass is 10.2. The van der Waals surface area contributed by atoms with Gasteiger partial charge in [-0.15, -0.1) is 0 Å². The molecule has 0 amide bonds. The number of benzene rings is 1. The van der Waals surface area contributed by atoms with E-state index in [1.807, 2.05) is 6.92 Å². The lowest BCUT2D eigenvalue weighted by molar-refractivity contribution is -0.155. The van der Waals surface area contributed by atoms with Crippen LogP contribution in [0.3, 0.4) is 0 Å². The summed E-state index contributed by atoms with van der Waals surface area (Å²) in [5.74, 6) is -0.654. The topological polar surface area (TPSA) is 127 Å². The molecule has 1 aliphatic rings. The Morgan fingerprint density at radius 1 is 1.24 bits per heavy atom. The number of carbonyl (C=O) groups is 1. The van der Waals surface area contributed by atoms with E-state index in [9.17, 15) is 13.2 Å². The summed E-state index contributed by atoms with van der Waals surface area (Å²) in [6.07, 6.45) is 1.75. The molecule has 0 radical (unpaired) electrons. The third-order valence-electron chi connectivity index (χ3n) is 4.63. The summed E-state index contributed by atoms with van der Waals surface area (Å²) < 4.78 is 32.4. The van der Waals surface area contributed by atoms with Gasteiger partial charge in [0.25, 0.3) is 10.0 Å². The van der Waals surface area contributed by atoms with Gasteiger partial charge in [-0.1, -0.05) is 17.7 Å². The van der Waals surface area contributed by atoms with Gasteiger partial charge in [0.2, 0.25) is 0 Å². The minimum atomic E-state index is -3.82. The highest BCUT2D eigenvalue weighted by Crippen LogP contribution is 2.25. The van der Waals surface area contributed by atoms with Crippen molar-refractivity contribution in [1.82, 2.24) is 18.9 Å². The van der Waals surface area contributed by atoms with E-state index in [1.54, 1.807) is 35.3 Å². The van der Waals surface area contributed by atoms with Gasteiger partial charge in [0.1, 0.15) is 6.33 Å². The number of aryl methyl sites for hydroxylation is 1. The van der Waals surface area contributed by atoms with E-state index in [0.717, 1.165) is 9.54 Å². The molecular weight excluding hydrogens is 398 g/mol. The molecule has 0 spiro atoms. The van der Waals surface area contributed by atoms with Crippen molar-refractivity contribution in [3.8, 4) is 0 Å². The molecule has 4 rings (SSSR count). The van der Waals surface area contributed by atoms with Crippen molar-refractivity contribution in [2.24, 2.45) is 0 Å². The smallest absolute Gasteiger partial charge is 0.334 e. The molecule has 3 aromatic rings. The Hall–Kier alpha value is -3.02.